The molecule has 1 atom stereocenters. The van der Waals surface area contributed by atoms with E-state index >= 15 is 0 Å². The third-order valence-corrected chi connectivity index (χ3v) is 3.87. The summed E-state index contributed by atoms with van der Waals surface area (Å²) in [5, 5.41) is 13.2. The number of aromatic amines is 1. The van der Waals surface area contributed by atoms with Crippen molar-refractivity contribution < 1.29 is 14.3 Å². The van der Waals surface area contributed by atoms with Crippen molar-refractivity contribution in [1.82, 2.24) is 20.8 Å². The topological polar surface area (TPSA) is 88.3 Å². The van der Waals surface area contributed by atoms with Gasteiger partial charge in [0.25, 0.3) is 5.91 Å². The highest BCUT2D eigenvalue weighted by atomic mass is 16.5. The third kappa shape index (κ3) is 3.61. The van der Waals surface area contributed by atoms with E-state index in [1.807, 2.05) is 0 Å². The summed E-state index contributed by atoms with van der Waals surface area (Å²) in [6.45, 7) is 4.37. The minimum atomic E-state index is -0.111. The molecule has 7 heteroatoms. The Kier molecular flexibility index (Phi) is 4.84. The smallest absolute Gasteiger partial charge is 0.272 e. The van der Waals surface area contributed by atoms with Crippen LogP contribution in [0.4, 0.5) is 0 Å². The highest BCUT2D eigenvalue weighted by molar-refractivity contribution is 5.94. The monoisotopic (exact) mass is 294 g/mol. The lowest BCUT2D eigenvalue weighted by molar-refractivity contribution is 0.0415. The van der Waals surface area contributed by atoms with Crippen LogP contribution in [-0.4, -0.2) is 55.1 Å². The van der Waals surface area contributed by atoms with Gasteiger partial charge in [0, 0.05) is 50.5 Å². The summed E-state index contributed by atoms with van der Waals surface area (Å²) in [6.07, 6.45) is 2.89. The van der Waals surface area contributed by atoms with E-state index in [1.165, 1.54) is 0 Å². The average molecular weight is 294 g/mol. The Bertz CT molecular complexity index is 483. The molecule has 1 fully saturated rings. The fourth-order valence-corrected chi connectivity index (χ4v) is 2.67. The van der Waals surface area contributed by atoms with Crippen molar-refractivity contribution >= 4 is 5.91 Å². The fraction of sp³-hybridized carbons (Fsp3) is 0.714. The number of hydrogen-bond acceptors (Lipinski definition) is 5. The van der Waals surface area contributed by atoms with Gasteiger partial charge in [-0.05, 0) is 12.8 Å². The van der Waals surface area contributed by atoms with Crippen molar-refractivity contribution in [2.45, 2.75) is 31.9 Å². The van der Waals surface area contributed by atoms with Crippen LogP contribution < -0.4 is 10.6 Å². The lowest BCUT2D eigenvalue weighted by atomic mass is 10.1. The van der Waals surface area contributed by atoms with Crippen LogP contribution in [0.3, 0.4) is 0 Å². The molecule has 0 aromatic carbocycles. The van der Waals surface area contributed by atoms with E-state index in [4.69, 9.17) is 9.47 Å². The van der Waals surface area contributed by atoms with Gasteiger partial charge in [0.15, 0.2) is 5.69 Å². The number of carbonyl (C=O) groups is 1. The van der Waals surface area contributed by atoms with E-state index < -0.39 is 0 Å². The molecule has 1 saturated heterocycles. The van der Waals surface area contributed by atoms with Crippen LogP contribution in [0.15, 0.2) is 0 Å². The van der Waals surface area contributed by atoms with Crippen LogP contribution in [0.2, 0.25) is 0 Å². The molecule has 0 spiro atoms. The van der Waals surface area contributed by atoms with Crippen molar-refractivity contribution in [3.63, 3.8) is 0 Å². The first-order valence-electron chi connectivity index (χ1n) is 7.59. The summed E-state index contributed by atoms with van der Waals surface area (Å²) >= 11 is 0. The van der Waals surface area contributed by atoms with Crippen LogP contribution in [0.1, 0.15) is 34.6 Å². The first kappa shape index (κ1) is 14.5. The molecule has 3 N–H and O–H groups in total. The predicted octanol–water partition coefficient (Wildman–Crippen LogP) is -0.0192. The molecule has 3 heterocycles. The van der Waals surface area contributed by atoms with Crippen molar-refractivity contribution in [3.05, 3.63) is 17.0 Å². The molecule has 0 radical (unpaired) electrons. The van der Waals surface area contributed by atoms with Gasteiger partial charge in [-0.3, -0.25) is 9.89 Å². The normalized spacial score (nSPS) is 21.2. The molecule has 0 bridgehead atoms. The quantitative estimate of drug-likeness (QED) is 0.642. The number of ether oxygens (including phenoxy) is 2. The van der Waals surface area contributed by atoms with E-state index in [0.717, 1.165) is 43.7 Å². The van der Waals surface area contributed by atoms with Crippen LogP contribution in [0.5, 0.6) is 0 Å². The Morgan fingerprint density at radius 1 is 1.52 bits per heavy atom. The summed E-state index contributed by atoms with van der Waals surface area (Å²) in [6, 6.07) is 0. The fourth-order valence-electron chi connectivity index (χ4n) is 2.67. The summed E-state index contributed by atoms with van der Waals surface area (Å²) in [4.78, 5) is 12.1. The van der Waals surface area contributed by atoms with E-state index in [2.05, 4.69) is 20.8 Å². The number of fused-ring (bicyclic) bond motifs is 1. The van der Waals surface area contributed by atoms with Gasteiger partial charge in [0.2, 0.25) is 0 Å². The molecule has 21 heavy (non-hydrogen) atoms. The van der Waals surface area contributed by atoms with Crippen molar-refractivity contribution in [3.8, 4) is 0 Å². The Balaban J connectivity index is 1.39. The van der Waals surface area contributed by atoms with Gasteiger partial charge in [0.05, 0.1) is 12.7 Å². The van der Waals surface area contributed by atoms with Crippen LogP contribution in [-0.2, 0) is 22.4 Å². The second kappa shape index (κ2) is 7.02. The second-order valence-electron chi connectivity index (χ2n) is 5.42. The Labute approximate surface area is 123 Å². The first-order valence-corrected chi connectivity index (χ1v) is 7.59. The zero-order valence-electron chi connectivity index (χ0n) is 12.1. The predicted molar refractivity (Wildman–Crippen MR) is 76.1 cm³/mol. The molecule has 0 saturated carbocycles. The van der Waals surface area contributed by atoms with Gasteiger partial charge in [0.1, 0.15) is 0 Å². The average Bonchev–Trinajstić information content (AvgIpc) is 3.16. The molecular formula is C14H22N4O3. The second-order valence-corrected chi connectivity index (χ2v) is 5.42. The number of nitrogens with one attached hydrogen (secondary N) is 3. The lowest BCUT2D eigenvalue weighted by Crippen LogP contribution is -2.29. The van der Waals surface area contributed by atoms with Crippen molar-refractivity contribution in [1.29, 1.82) is 0 Å². The highest BCUT2D eigenvalue weighted by Crippen LogP contribution is 2.15. The molecule has 1 aromatic heterocycles. The maximum atomic E-state index is 12.1. The Morgan fingerprint density at radius 3 is 3.33 bits per heavy atom. The summed E-state index contributed by atoms with van der Waals surface area (Å²) in [7, 11) is 0. The molecule has 2 aliphatic heterocycles. The minimum Gasteiger partial charge on any atom is -0.379 e. The number of amides is 1. The van der Waals surface area contributed by atoms with Crippen LogP contribution in [0, 0.1) is 0 Å². The van der Waals surface area contributed by atoms with E-state index in [-0.39, 0.29) is 12.0 Å². The number of rotatable bonds is 6. The molecule has 3 rings (SSSR count). The Morgan fingerprint density at radius 2 is 2.48 bits per heavy atom. The van der Waals surface area contributed by atoms with Gasteiger partial charge < -0.3 is 20.1 Å². The molecule has 116 valence electrons. The summed E-state index contributed by atoms with van der Waals surface area (Å²) < 4.78 is 10.9. The van der Waals surface area contributed by atoms with Gasteiger partial charge in [-0.2, -0.15) is 5.10 Å². The number of hydrogen-bond donors (Lipinski definition) is 3. The maximum Gasteiger partial charge on any atom is 0.272 e. The first-order chi connectivity index (χ1) is 10.3. The maximum absolute atomic E-state index is 12.1. The number of H-pyrrole nitrogens is 1. The van der Waals surface area contributed by atoms with Crippen LogP contribution in [0.25, 0.3) is 0 Å². The molecule has 1 amide bonds. The van der Waals surface area contributed by atoms with Crippen molar-refractivity contribution in [2.24, 2.45) is 0 Å². The molecular weight excluding hydrogens is 272 g/mol. The highest BCUT2D eigenvalue weighted by Gasteiger charge is 2.21. The number of nitrogens with zero attached hydrogens (tertiary/aromatic N) is 1. The SMILES string of the molecule is O=C(NCCCOC1CCOC1)c1n[nH]c2c1CNCC2. The molecule has 0 aliphatic carbocycles. The molecule has 2 aliphatic rings. The van der Waals surface area contributed by atoms with E-state index in [9.17, 15) is 4.79 Å². The molecule has 1 aromatic rings. The van der Waals surface area contributed by atoms with Crippen LogP contribution >= 0.6 is 0 Å². The van der Waals surface area contributed by atoms with Gasteiger partial charge >= 0.3 is 0 Å². The van der Waals surface area contributed by atoms with Crippen molar-refractivity contribution in [2.75, 3.05) is 32.9 Å². The van der Waals surface area contributed by atoms with Gasteiger partial charge in [-0.25, -0.2) is 0 Å². The lowest BCUT2D eigenvalue weighted by Gasteiger charge is -2.13. The third-order valence-electron chi connectivity index (χ3n) is 3.87. The molecule has 1 unspecified atom stereocenters. The summed E-state index contributed by atoms with van der Waals surface area (Å²) in [5.74, 6) is -0.111. The van der Waals surface area contributed by atoms with E-state index in [0.29, 0.717) is 32.0 Å². The number of carbonyl (C=O) groups excluding carboxylic acids is 1. The van der Waals surface area contributed by atoms with Gasteiger partial charge in [-0.15, -0.1) is 0 Å². The minimum absolute atomic E-state index is 0.111. The zero-order chi connectivity index (χ0) is 14.5. The standard InChI is InChI=1S/C14H22N4O3/c19-14(13-11-8-15-5-2-12(11)17-18-13)16-4-1-6-21-10-3-7-20-9-10/h10,15H,1-9H2,(H,16,19)(H,17,18). The summed E-state index contributed by atoms with van der Waals surface area (Å²) in [5.41, 5.74) is 2.59. The van der Waals surface area contributed by atoms with E-state index in [1.54, 1.807) is 0 Å². The zero-order valence-corrected chi connectivity index (χ0v) is 12.1. The largest absolute Gasteiger partial charge is 0.379 e. The van der Waals surface area contributed by atoms with Gasteiger partial charge in [-0.1, -0.05) is 0 Å². The number of aromatic nitrogens is 2. The molecule has 7 nitrogen and oxygen atoms in total. The Hall–Kier alpha value is -1.44.